The number of pyridine rings is 2. The van der Waals surface area contributed by atoms with E-state index in [1.807, 2.05) is 53.5 Å². The van der Waals surface area contributed by atoms with Crippen molar-refractivity contribution in [2.75, 3.05) is 11.9 Å². The molecule has 5 rings (SSSR count). The van der Waals surface area contributed by atoms with E-state index in [1.54, 1.807) is 18.9 Å². The lowest BCUT2D eigenvalue weighted by atomic mass is 10.1. The molecule has 1 N–H and O–H groups in total. The minimum absolute atomic E-state index is 0.187. The van der Waals surface area contributed by atoms with Crippen molar-refractivity contribution in [3.8, 4) is 17.1 Å². The van der Waals surface area contributed by atoms with Gasteiger partial charge in [-0.15, -0.1) is 0 Å². The first-order chi connectivity index (χ1) is 16.1. The molecule has 9 nitrogen and oxygen atoms in total. The Morgan fingerprint density at radius 2 is 1.97 bits per heavy atom. The predicted octanol–water partition coefficient (Wildman–Crippen LogP) is 4.44. The topological polar surface area (TPSA) is 95.1 Å². The molecule has 0 unspecified atom stereocenters. The third-order valence-electron chi connectivity index (χ3n) is 5.53. The quantitative estimate of drug-likeness (QED) is 0.398. The molecule has 0 aliphatic rings. The van der Waals surface area contributed by atoms with Crippen molar-refractivity contribution in [2.24, 2.45) is 0 Å². The molecule has 0 amide bonds. The van der Waals surface area contributed by atoms with Crippen molar-refractivity contribution < 1.29 is 4.74 Å². The number of fused-ring (bicyclic) bond motifs is 2. The lowest BCUT2D eigenvalue weighted by molar-refractivity contribution is 0.328. The zero-order valence-electron chi connectivity index (χ0n) is 19.1. The molecule has 0 spiro atoms. The third kappa shape index (κ3) is 3.75. The van der Waals surface area contributed by atoms with E-state index in [0.29, 0.717) is 19.0 Å². The molecular weight excluding hydrogens is 416 g/mol. The summed E-state index contributed by atoms with van der Waals surface area (Å²) in [6, 6.07) is 6.11. The molecule has 0 aliphatic heterocycles. The Morgan fingerprint density at radius 3 is 2.76 bits per heavy atom. The van der Waals surface area contributed by atoms with Gasteiger partial charge in [-0.1, -0.05) is 0 Å². The number of ether oxygens (including phenoxy) is 1. The van der Waals surface area contributed by atoms with E-state index in [9.17, 15) is 0 Å². The van der Waals surface area contributed by atoms with E-state index in [1.165, 1.54) is 0 Å². The second-order valence-electron chi connectivity index (χ2n) is 8.12. The summed E-state index contributed by atoms with van der Waals surface area (Å²) in [5.74, 6) is 0.569. The average Bonchev–Trinajstić information content (AvgIpc) is 3.43. The van der Waals surface area contributed by atoms with Gasteiger partial charge in [0.05, 0.1) is 41.0 Å². The van der Waals surface area contributed by atoms with E-state index in [-0.39, 0.29) is 6.04 Å². The maximum absolute atomic E-state index is 5.78. The van der Waals surface area contributed by atoms with Gasteiger partial charge >= 0.3 is 0 Å². The van der Waals surface area contributed by atoms with Crippen molar-refractivity contribution in [3.63, 3.8) is 0 Å². The average molecular weight is 443 g/mol. The van der Waals surface area contributed by atoms with Gasteiger partial charge in [0.25, 0.3) is 0 Å². The maximum Gasteiger partial charge on any atom is 0.222 e. The van der Waals surface area contributed by atoms with Gasteiger partial charge in [0.2, 0.25) is 5.88 Å². The van der Waals surface area contributed by atoms with Crippen LogP contribution in [0.3, 0.4) is 0 Å². The Kier molecular flexibility index (Phi) is 5.37. The lowest BCUT2D eigenvalue weighted by Crippen LogP contribution is -2.08. The molecule has 5 aromatic rings. The Bertz CT molecular complexity index is 1440. The van der Waals surface area contributed by atoms with Gasteiger partial charge in [-0.3, -0.25) is 9.08 Å². The summed E-state index contributed by atoms with van der Waals surface area (Å²) < 4.78 is 9.71. The van der Waals surface area contributed by atoms with Crippen LogP contribution in [0.5, 0.6) is 5.88 Å². The fourth-order valence-electron chi connectivity index (χ4n) is 4.00. The Labute approximate surface area is 191 Å². The highest BCUT2D eigenvalue weighted by molar-refractivity contribution is 5.93. The van der Waals surface area contributed by atoms with Gasteiger partial charge in [0.15, 0.2) is 0 Å². The second-order valence-corrected chi connectivity index (χ2v) is 8.12. The van der Waals surface area contributed by atoms with Gasteiger partial charge in [-0.05, 0) is 45.9 Å². The fraction of sp³-hybridized carbons (Fsp3) is 0.292. The number of hydrogen-bond acceptors (Lipinski definition) is 7. The van der Waals surface area contributed by atoms with Gasteiger partial charge < -0.3 is 10.1 Å². The number of aromatic nitrogens is 7. The molecular formula is C24H26N8O. The molecule has 0 atom stereocenters. The summed E-state index contributed by atoms with van der Waals surface area (Å²) in [6.45, 7) is 9.29. The molecule has 168 valence electrons. The van der Waals surface area contributed by atoms with Crippen LogP contribution in [0.4, 0.5) is 5.69 Å². The first kappa shape index (κ1) is 20.9. The minimum Gasteiger partial charge on any atom is -0.477 e. The zero-order valence-corrected chi connectivity index (χ0v) is 19.1. The van der Waals surface area contributed by atoms with Crippen LogP contribution in [0.25, 0.3) is 27.8 Å². The van der Waals surface area contributed by atoms with Crippen molar-refractivity contribution in [1.82, 2.24) is 34.1 Å². The molecule has 0 bridgehead atoms. The first-order valence-electron chi connectivity index (χ1n) is 11.0. The van der Waals surface area contributed by atoms with E-state index in [0.717, 1.165) is 44.8 Å². The molecule has 33 heavy (non-hydrogen) atoms. The van der Waals surface area contributed by atoms with Crippen LogP contribution in [0, 0.1) is 6.92 Å². The van der Waals surface area contributed by atoms with Crippen LogP contribution >= 0.6 is 0 Å². The Morgan fingerprint density at radius 1 is 1.15 bits per heavy atom. The number of rotatable bonds is 7. The minimum atomic E-state index is 0.187. The van der Waals surface area contributed by atoms with Crippen molar-refractivity contribution in [3.05, 3.63) is 60.7 Å². The van der Waals surface area contributed by atoms with E-state index in [4.69, 9.17) is 14.8 Å². The summed E-state index contributed by atoms with van der Waals surface area (Å²) in [7, 11) is 0. The summed E-state index contributed by atoms with van der Waals surface area (Å²) in [6.07, 6.45) is 8.95. The number of nitrogens with zero attached hydrogens (tertiary/aromatic N) is 7. The number of imidazole rings is 1. The highest BCUT2D eigenvalue weighted by Gasteiger charge is 2.19. The lowest BCUT2D eigenvalue weighted by Gasteiger charge is -2.15. The molecule has 0 saturated heterocycles. The number of hydrogen-bond donors (Lipinski definition) is 1. The predicted molar refractivity (Wildman–Crippen MR) is 127 cm³/mol. The summed E-state index contributed by atoms with van der Waals surface area (Å²) >= 11 is 0. The number of nitrogens with one attached hydrogen (secondary N) is 1. The van der Waals surface area contributed by atoms with Crippen LogP contribution < -0.4 is 10.1 Å². The van der Waals surface area contributed by atoms with Crippen molar-refractivity contribution >= 4 is 22.2 Å². The van der Waals surface area contributed by atoms with E-state index >= 15 is 0 Å². The van der Waals surface area contributed by atoms with Crippen molar-refractivity contribution in [2.45, 2.75) is 40.3 Å². The van der Waals surface area contributed by atoms with Crippen LogP contribution in [0.1, 0.15) is 38.1 Å². The Balaban J connectivity index is 1.65. The highest BCUT2D eigenvalue weighted by Crippen LogP contribution is 2.34. The van der Waals surface area contributed by atoms with Crippen LogP contribution in [-0.4, -0.2) is 40.7 Å². The van der Waals surface area contributed by atoms with E-state index in [2.05, 4.69) is 34.1 Å². The number of aryl methyl sites for hydroxylation is 1. The fourth-order valence-corrected chi connectivity index (χ4v) is 4.00. The molecule has 0 aliphatic carbocycles. The van der Waals surface area contributed by atoms with Crippen LogP contribution in [0.2, 0.25) is 0 Å². The van der Waals surface area contributed by atoms with Crippen LogP contribution in [-0.2, 0) is 6.54 Å². The summed E-state index contributed by atoms with van der Waals surface area (Å²) in [5.41, 5.74) is 7.35. The molecule has 0 aromatic carbocycles. The van der Waals surface area contributed by atoms with E-state index < -0.39 is 0 Å². The largest absolute Gasteiger partial charge is 0.477 e. The molecule has 0 radical (unpaired) electrons. The van der Waals surface area contributed by atoms with Gasteiger partial charge in [-0.25, -0.2) is 19.9 Å². The Hall–Kier alpha value is -4.01. The highest BCUT2D eigenvalue weighted by atomic mass is 16.5. The summed E-state index contributed by atoms with van der Waals surface area (Å²) in [4.78, 5) is 18.0. The normalized spacial score (nSPS) is 11.5. The van der Waals surface area contributed by atoms with Gasteiger partial charge in [0.1, 0.15) is 23.7 Å². The molecule has 5 aromatic heterocycles. The smallest absolute Gasteiger partial charge is 0.222 e. The molecule has 9 heteroatoms. The SMILES string of the molecule is CCOc1ncccc1-c1cc(NCc2cncn3cncc23)c2c(n1)c(C)nn2C(C)C. The van der Waals surface area contributed by atoms with Crippen LogP contribution in [0.15, 0.2) is 49.4 Å². The molecule has 0 saturated carbocycles. The van der Waals surface area contributed by atoms with Gasteiger partial charge in [-0.2, -0.15) is 5.10 Å². The zero-order chi connectivity index (χ0) is 22.9. The maximum atomic E-state index is 5.78. The molecule has 0 fully saturated rings. The monoisotopic (exact) mass is 442 g/mol. The van der Waals surface area contributed by atoms with Gasteiger partial charge in [0, 0.05) is 30.5 Å². The molecule has 5 heterocycles. The third-order valence-corrected chi connectivity index (χ3v) is 5.53. The number of anilines is 1. The van der Waals surface area contributed by atoms with Crippen molar-refractivity contribution in [1.29, 1.82) is 0 Å². The summed E-state index contributed by atoms with van der Waals surface area (Å²) in [5, 5.41) is 8.39. The standard InChI is InChI=1S/C24H26N8O/c1-5-33-24-18(7-6-8-27-24)19-9-20(23-22(29-19)16(4)30-32(23)15(2)3)28-11-17-10-25-13-31-14-26-12-21(17)31/h6-10,12-15H,5,11H2,1-4H3,(H,28,29). The second kappa shape index (κ2) is 8.50. The first-order valence-corrected chi connectivity index (χ1v) is 11.0.